The van der Waals surface area contributed by atoms with E-state index in [2.05, 4.69) is 228 Å². The molecule has 0 bridgehead atoms. The highest BCUT2D eigenvalue weighted by Gasteiger charge is 2.37. The maximum atomic E-state index is 2.45. The van der Waals surface area contributed by atoms with E-state index >= 15 is 0 Å². The second kappa shape index (κ2) is 13.3. The number of allylic oxidation sites excluding steroid dienone is 4. The van der Waals surface area contributed by atoms with Crippen LogP contribution in [0, 0.1) is 0 Å². The summed E-state index contributed by atoms with van der Waals surface area (Å²) in [5, 5.41) is 4.92. The van der Waals surface area contributed by atoms with Gasteiger partial charge in [0.1, 0.15) is 0 Å². The molecule has 10 aromatic rings. The summed E-state index contributed by atoms with van der Waals surface area (Å²) in [4.78, 5) is 2.43. The predicted molar refractivity (Wildman–Crippen MR) is 254 cm³/mol. The van der Waals surface area contributed by atoms with Crippen LogP contribution in [-0.2, 0) is 5.41 Å². The summed E-state index contributed by atoms with van der Waals surface area (Å²) in [6.07, 6.45) is 6.96. The maximum Gasteiger partial charge on any atom is 0.0542 e. The fraction of sp³-hybridized carbons (Fsp3) is 0.0877. The molecule has 3 heteroatoms. The topological polar surface area (TPSA) is 13.1 Å². The Morgan fingerprint density at radius 3 is 1.53 bits per heavy atom. The Kier molecular flexibility index (Phi) is 7.71. The van der Waals surface area contributed by atoms with Crippen molar-refractivity contribution in [2.24, 2.45) is 0 Å². The fourth-order valence-corrected chi connectivity index (χ4v) is 10.4. The molecule has 0 unspecified atom stereocenters. The van der Waals surface area contributed by atoms with Crippen molar-refractivity contribution in [1.29, 1.82) is 0 Å². The van der Waals surface area contributed by atoms with Gasteiger partial charge in [0.2, 0.25) is 0 Å². The number of fused-ring (bicyclic) bond motifs is 8. The Morgan fingerprint density at radius 2 is 0.950 bits per heavy atom. The molecule has 0 radical (unpaired) electrons. The van der Waals surface area contributed by atoms with Crippen molar-refractivity contribution >= 4 is 66.2 Å². The van der Waals surface area contributed by atoms with Gasteiger partial charge in [-0.1, -0.05) is 129 Å². The van der Waals surface area contributed by atoms with E-state index in [0.717, 1.165) is 41.3 Å². The molecule has 0 saturated heterocycles. The molecule has 2 heterocycles. The molecule has 8 aromatic carbocycles. The van der Waals surface area contributed by atoms with E-state index in [9.17, 15) is 0 Å². The third-order valence-electron chi connectivity index (χ3n) is 13.2. The van der Waals surface area contributed by atoms with Gasteiger partial charge >= 0.3 is 0 Å². The fourth-order valence-electron chi connectivity index (χ4n) is 10.4. The first-order valence-electron chi connectivity index (χ1n) is 21.2. The minimum atomic E-state index is 0.0345. The average Bonchev–Trinajstić information content (AvgIpc) is 3.90. The van der Waals surface area contributed by atoms with E-state index in [-0.39, 0.29) is 5.41 Å². The molecular formula is C57H43N3. The molecule has 3 nitrogen and oxygen atoms in total. The summed E-state index contributed by atoms with van der Waals surface area (Å²) in [7, 11) is 0. The summed E-state index contributed by atoms with van der Waals surface area (Å²) >= 11 is 0. The summed E-state index contributed by atoms with van der Waals surface area (Å²) in [6.45, 7) is 4.81. The molecule has 0 aliphatic heterocycles. The van der Waals surface area contributed by atoms with E-state index < -0.39 is 0 Å². The molecule has 0 spiro atoms. The summed E-state index contributed by atoms with van der Waals surface area (Å²) in [5.74, 6) is 0. The number of para-hydroxylation sites is 4. The van der Waals surface area contributed by atoms with Crippen molar-refractivity contribution in [3.63, 3.8) is 0 Å². The maximum absolute atomic E-state index is 2.45. The molecule has 12 rings (SSSR count). The SMILES string of the molecule is CC1(C)C2=C(C=CCC2)c2ccc(-c3ccc(N(c4ccc5c(c4)c4ccccc4n5-c4ccccc4)c4ccc5c(c4)c4ccccc4n5-c4ccccc4)cc3)cc21. The van der Waals surface area contributed by atoms with E-state index in [1.54, 1.807) is 5.57 Å². The first-order chi connectivity index (χ1) is 29.5. The molecule has 0 saturated carbocycles. The monoisotopic (exact) mass is 769 g/mol. The number of benzene rings is 8. The Labute approximate surface area is 350 Å². The van der Waals surface area contributed by atoms with Crippen LogP contribution in [-0.4, -0.2) is 9.13 Å². The first-order valence-corrected chi connectivity index (χ1v) is 21.2. The summed E-state index contributed by atoms with van der Waals surface area (Å²) in [6, 6.07) is 69.2. The van der Waals surface area contributed by atoms with Gasteiger partial charge in [-0.05, 0) is 132 Å². The van der Waals surface area contributed by atoms with Gasteiger partial charge in [0.15, 0.2) is 0 Å². The Balaban J connectivity index is 1.03. The Hall–Kier alpha value is -7.36. The van der Waals surface area contributed by atoms with Crippen LogP contribution in [0.4, 0.5) is 17.1 Å². The Bertz CT molecular complexity index is 3220. The van der Waals surface area contributed by atoms with E-state index in [4.69, 9.17) is 0 Å². The molecule has 0 atom stereocenters. The number of hydrogen-bond acceptors (Lipinski definition) is 1. The van der Waals surface area contributed by atoms with Gasteiger partial charge in [0.25, 0.3) is 0 Å². The van der Waals surface area contributed by atoms with Crippen LogP contribution in [0.3, 0.4) is 0 Å². The lowest BCUT2D eigenvalue weighted by Gasteiger charge is -2.27. The minimum absolute atomic E-state index is 0.0345. The molecule has 0 amide bonds. The second-order valence-electron chi connectivity index (χ2n) is 16.9. The molecule has 2 aromatic heterocycles. The van der Waals surface area contributed by atoms with E-state index in [0.29, 0.717) is 0 Å². The van der Waals surface area contributed by atoms with Crippen molar-refractivity contribution in [2.75, 3.05) is 4.90 Å². The van der Waals surface area contributed by atoms with Crippen molar-refractivity contribution in [3.8, 4) is 22.5 Å². The molecule has 60 heavy (non-hydrogen) atoms. The van der Waals surface area contributed by atoms with E-state index in [1.807, 2.05) is 0 Å². The highest BCUT2D eigenvalue weighted by Crippen LogP contribution is 2.51. The van der Waals surface area contributed by atoms with Gasteiger partial charge in [-0.15, -0.1) is 0 Å². The molecule has 2 aliphatic carbocycles. The van der Waals surface area contributed by atoms with Crippen molar-refractivity contribution < 1.29 is 0 Å². The standard InChI is InChI=1S/C57H43N3/c1-57(2)51-22-12-9-19-45(51)46-32-27-39(35-52(46)57)38-25-28-42(29-26-38)58(43-30-33-55-49(36-43)47-20-10-13-23-53(47)59(55)40-15-5-3-6-16-40)44-31-34-56-50(37-44)48-21-11-14-24-54(48)60(56)41-17-7-4-8-18-41/h3-11,13-21,23-37H,12,22H2,1-2H3. The summed E-state index contributed by atoms with van der Waals surface area (Å²) in [5.41, 5.74) is 18.8. The zero-order valence-corrected chi connectivity index (χ0v) is 33.8. The van der Waals surface area contributed by atoms with Gasteiger partial charge in [-0.3, -0.25) is 0 Å². The molecular weight excluding hydrogens is 727 g/mol. The van der Waals surface area contributed by atoms with Crippen LogP contribution in [0.25, 0.3) is 71.7 Å². The van der Waals surface area contributed by atoms with Crippen LogP contribution in [0.2, 0.25) is 0 Å². The summed E-state index contributed by atoms with van der Waals surface area (Å²) < 4.78 is 4.77. The van der Waals surface area contributed by atoms with Crippen LogP contribution in [0.5, 0.6) is 0 Å². The zero-order chi connectivity index (χ0) is 40.0. The lowest BCUT2D eigenvalue weighted by Crippen LogP contribution is -2.17. The quantitative estimate of drug-likeness (QED) is 0.164. The average molecular weight is 770 g/mol. The van der Waals surface area contributed by atoms with Crippen LogP contribution in [0.1, 0.15) is 37.8 Å². The number of aromatic nitrogens is 2. The van der Waals surface area contributed by atoms with E-state index in [1.165, 1.54) is 71.4 Å². The lowest BCUT2D eigenvalue weighted by atomic mass is 9.78. The normalized spacial score (nSPS) is 14.4. The predicted octanol–water partition coefficient (Wildman–Crippen LogP) is 15.4. The third kappa shape index (κ3) is 5.22. The van der Waals surface area contributed by atoms with Crippen molar-refractivity contribution in [2.45, 2.75) is 32.1 Å². The van der Waals surface area contributed by atoms with Crippen LogP contribution in [0.15, 0.2) is 206 Å². The smallest absolute Gasteiger partial charge is 0.0542 e. The van der Waals surface area contributed by atoms with Gasteiger partial charge < -0.3 is 14.0 Å². The van der Waals surface area contributed by atoms with Crippen LogP contribution < -0.4 is 4.90 Å². The second-order valence-corrected chi connectivity index (χ2v) is 16.9. The molecule has 0 fully saturated rings. The van der Waals surface area contributed by atoms with Crippen molar-refractivity contribution in [1.82, 2.24) is 9.13 Å². The molecule has 2 aliphatic rings. The first kappa shape index (κ1) is 34.7. The minimum Gasteiger partial charge on any atom is -0.310 e. The number of anilines is 3. The van der Waals surface area contributed by atoms with Crippen LogP contribution >= 0.6 is 0 Å². The lowest BCUT2D eigenvalue weighted by molar-refractivity contribution is 0.607. The highest BCUT2D eigenvalue weighted by atomic mass is 15.1. The van der Waals surface area contributed by atoms with Gasteiger partial charge in [0.05, 0.1) is 22.1 Å². The van der Waals surface area contributed by atoms with Crippen molar-refractivity contribution in [3.05, 3.63) is 217 Å². The third-order valence-corrected chi connectivity index (χ3v) is 13.2. The largest absolute Gasteiger partial charge is 0.310 e. The van der Waals surface area contributed by atoms with Gasteiger partial charge in [-0.2, -0.15) is 0 Å². The van der Waals surface area contributed by atoms with Gasteiger partial charge in [-0.25, -0.2) is 0 Å². The number of rotatable bonds is 6. The van der Waals surface area contributed by atoms with Gasteiger partial charge in [0, 0.05) is 55.4 Å². The Morgan fingerprint density at radius 1 is 0.450 bits per heavy atom. The zero-order valence-electron chi connectivity index (χ0n) is 33.8. The molecule has 286 valence electrons. The number of hydrogen-bond donors (Lipinski definition) is 0. The molecule has 0 N–H and O–H groups in total. The highest BCUT2D eigenvalue weighted by molar-refractivity contribution is 6.12. The number of nitrogens with zero attached hydrogens (tertiary/aromatic N) is 3.